The number of hydrogen-bond donors (Lipinski definition) is 0. The van der Waals surface area contributed by atoms with Crippen LogP contribution in [-0.2, 0) is 4.79 Å². The number of ketones is 1. The maximum Gasteiger partial charge on any atom is 0.177 e. The Kier molecular flexibility index (Phi) is 2.99. The average molecular weight is 240 g/mol. The number of rotatable bonds is 0. The van der Waals surface area contributed by atoms with Crippen LogP contribution in [0.1, 0.15) is 6.92 Å². The van der Waals surface area contributed by atoms with Crippen molar-refractivity contribution >= 4 is 17.5 Å². The van der Waals surface area contributed by atoms with E-state index in [0.717, 1.165) is 5.57 Å². The lowest BCUT2D eigenvalue weighted by molar-refractivity contribution is -0.116. The molecule has 1 heterocycles. The summed E-state index contributed by atoms with van der Waals surface area (Å²) < 4.78 is 0. The standard InChI is InChI=1S/C13H8N2OS/c1-8-11(9(6-14)7-15)10-4-2-3-5-17-13(10)12(8)16/h2-5,8H,1H3. The van der Waals surface area contributed by atoms with Crippen LogP contribution >= 0.6 is 11.8 Å². The van der Waals surface area contributed by atoms with Crippen LogP contribution in [0.15, 0.2) is 45.3 Å². The Morgan fingerprint density at radius 2 is 2.06 bits per heavy atom. The van der Waals surface area contributed by atoms with Gasteiger partial charge in [0.15, 0.2) is 5.78 Å². The lowest BCUT2D eigenvalue weighted by Crippen LogP contribution is -2.07. The topological polar surface area (TPSA) is 64.7 Å². The van der Waals surface area contributed by atoms with Crippen molar-refractivity contribution in [2.75, 3.05) is 0 Å². The minimum Gasteiger partial charge on any atom is -0.293 e. The third-order valence-corrected chi connectivity index (χ3v) is 3.67. The monoisotopic (exact) mass is 240 g/mol. The molecule has 82 valence electrons. The number of thioether (sulfide) groups is 1. The molecule has 4 heteroatoms. The van der Waals surface area contributed by atoms with Crippen molar-refractivity contribution in [3.8, 4) is 12.1 Å². The third kappa shape index (κ3) is 1.73. The number of hydrogen-bond acceptors (Lipinski definition) is 4. The second-order valence-electron chi connectivity index (χ2n) is 3.65. The predicted molar refractivity (Wildman–Crippen MR) is 65.3 cm³/mol. The number of carbonyl (C=O) groups excluding carboxylic acids is 1. The first-order valence-electron chi connectivity index (χ1n) is 5.03. The Labute approximate surface area is 103 Å². The fraction of sp³-hybridized carbons (Fsp3) is 0.154. The molecular weight excluding hydrogens is 232 g/mol. The molecule has 0 saturated heterocycles. The van der Waals surface area contributed by atoms with Crippen molar-refractivity contribution in [1.82, 2.24) is 0 Å². The van der Waals surface area contributed by atoms with Gasteiger partial charge in [0.1, 0.15) is 17.7 Å². The first kappa shape index (κ1) is 11.4. The van der Waals surface area contributed by atoms with Gasteiger partial charge in [-0.3, -0.25) is 4.79 Å². The molecule has 1 unspecified atom stereocenters. The van der Waals surface area contributed by atoms with Gasteiger partial charge in [0.05, 0.1) is 4.91 Å². The summed E-state index contributed by atoms with van der Waals surface area (Å²) in [6.45, 7) is 1.74. The first-order chi connectivity index (χ1) is 8.20. The molecule has 0 spiro atoms. The molecule has 0 aromatic heterocycles. The summed E-state index contributed by atoms with van der Waals surface area (Å²) >= 11 is 1.34. The van der Waals surface area contributed by atoms with Gasteiger partial charge in [0.2, 0.25) is 0 Å². The van der Waals surface area contributed by atoms with E-state index in [1.807, 2.05) is 29.7 Å². The fourth-order valence-corrected chi connectivity index (χ4v) is 2.81. The Hall–Kier alpha value is -2.04. The van der Waals surface area contributed by atoms with E-state index < -0.39 is 5.92 Å². The van der Waals surface area contributed by atoms with Gasteiger partial charge in [-0.25, -0.2) is 0 Å². The molecule has 0 N–H and O–H groups in total. The van der Waals surface area contributed by atoms with Crippen LogP contribution in [-0.4, -0.2) is 5.78 Å². The van der Waals surface area contributed by atoms with Crippen LogP contribution in [0.5, 0.6) is 0 Å². The number of allylic oxidation sites excluding steroid dienone is 7. The van der Waals surface area contributed by atoms with Gasteiger partial charge in [-0.15, -0.1) is 0 Å². The summed E-state index contributed by atoms with van der Waals surface area (Å²) in [5.74, 6) is -0.419. The van der Waals surface area contributed by atoms with Gasteiger partial charge in [0.25, 0.3) is 0 Å². The number of Topliss-reactive ketones (excluding diaryl/α,β-unsaturated/α-hetero) is 1. The van der Waals surface area contributed by atoms with E-state index in [4.69, 9.17) is 10.5 Å². The van der Waals surface area contributed by atoms with Crippen LogP contribution in [0.3, 0.4) is 0 Å². The Bertz CT molecular complexity index is 578. The lowest BCUT2D eigenvalue weighted by Gasteiger charge is -2.05. The van der Waals surface area contributed by atoms with Crippen LogP contribution in [0.25, 0.3) is 0 Å². The highest BCUT2D eigenvalue weighted by atomic mass is 32.2. The number of carbonyl (C=O) groups is 1. The maximum absolute atomic E-state index is 12.0. The van der Waals surface area contributed by atoms with E-state index in [9.17, 15) is 4.79 Å². The summed E-state index contributed by atoms with van der Waals surface area (Å²) in [4.78, 5) is 12.7. The van der Waals surface area contributed by atoms with Gasteiger partial charge in [-0.1, -0.05) is 36.9 Å². The summed E-state index contributed by atoms with van der Waals surface area (Å²) in [6.07, 6.45) is 5.43. The smallest absolute Gasteiger partial charge is 0.177 e. The van der Waals surface area contributed by atoms with Crippen LogP contribution in [0.4, 0.5) is 0 Å². The Morgan fingerprint density at radius 1 is 1.35 bits per heavy atom. The minimum atomic E-state index is -0.405. The molecule has 0 aromatic rings. The molecule has 1 atom stereocenters. The van der Waals surface area contributed by atoms with E-state index in [2.05, 4.69) is 0 Å². The molecule has 0 radical (unpaired) electrons. The van der Waals surface area contributed by atoms with Crippen molar-refractivity contribution in [1.29, 1.82) is 10.5 Å². The normalized spacial score (nSPS) is 21.9. The van der Waals surface area contributed by atoms with Crippen LogP contribution in [0.2, 0.25) is 0 Å². The SMILES string of the molecule is CC1C(=O)C2=C(C=CC=CS2)C1=C(C#N)C#N. The van der Waals surface area contributed by atoms with Crippen molar-refractivity contribution < 1.29 is 4.79 Å². The Balaban J connectivity index is 2.68. The predicted octanol–water partition coefficient (Wildman–Crippen LogP) is 2.62. The summed E-state index contributed by atoms with van der Waals surface area (Å²) in [6, 6.07) is 3.73. The molecule has 17 heavy (non-hydrogen) atoms. The maximum atomic E-state index is 12.0. The summed E-state index contributed by atoms with van der Waals surface area (Å²) in [5.41, 5.74) is 1.31. The van der Waals surface area contributed by atoms with Crippen molar-refractivity contribution in [2.45, 2.75) is 6.92 Å². The zero-order valence-corrected chi connectivity index (χ0v) is 9.91. The van der Waals surface area contributed by atoms with E-state index in [-0.39, 0.29) is 11.4 Å². The highest BCUT2D eigenvalue weighted by molar-refractivity contribution is 8.06. The van der Waals surface area contributed by atoms with E-state index >= 15 is 0 Å². The first-order valence-corrected chi connectivity index (χ1v) is 5.91. The number of nitrogens with zero attached hydrogens (tertiary/aromatic N) is 2. The van der Waals surface area contributed by atoms with Gasteiger partial charge in [0, 0.05) is 5.92 Å². The minimum absolute atomic E-state index is 0.0146. The quantitative estimate of drug-likeness (QED) is 0.610. The van der Waals surface area contributed by atoms with Crippen LogP contribution < -0.4 is 0 Å². The largest absolute Gasteiger partial charge is 0.293 e. The second-order valence-corrected chi connectivity index (χ2v) is 4.56. The molecule has 0 fully saturated rings. The molecule has 0 bridgehead atoms. The summed E-state index contributed by atoms with van der Waals surface area (Å²) in [7, 11) is 0. The molecule has 0 amide bonds. The molecule has 0 saturated carbocycles. The highest BCUT2D eigenvalue weighted by Crippen LogP contribution is 2.42. The third-order valence-electron chi connectivity index (χ3n) is 2.72. The molecular formula is C13H8N2OS. The lowest BCUT2D eigenvalue weighted by atomic mass is 9.94. The molecule has 1 aliphatic heterocycles. The summed E-state index contributed by atoms with van der Waals surface area (Å²) in [5, 5.41) is 19.7. The van der Waals surface area contributed by atoms with Crippen LogP contribution in [0, 0.1) is 28.6 Å². The molecule has 2 rings (SSSR count). The fourth-order valence-electron chi connectivity index (χ4n) is 1.90. The molecule has 1 aliphatic carbocycles. The van der Waals surface area contributed by atoms with E-state index in [1.54, 1.807) is 13.0 Å². The average Bonchev–Trinajstić information content (AvgIpc) is 2.54. The zero-order valence-electron chi connectivity index (χ0n) is 9.10. The van der Waals surface area contributed by atoms with E-state index in [1.165, 1.54) is 11.8 Å². The highest BCUT2D eigenvalue weighted by Gasteiger charge is 2.35. The van der Waals surface area contributed by atoms with Gasteiger partial charge < -0.3 is 0 Å². The molecule has 3 nitrogen and oxygen atoms in total. The van der Waals surface area contributed by atoms with Gasteiger partial charge in [-0.05, 0) is 16.6 Å². The van der Waals surface area contributed by atoms with Crippen molar-refractivity contribution in [3.63, 3.8) is 0 Å². The van der Waals surface area contributed by atoms with Crippen molar-refractivity contribution in [2.24, 2.45) is 5.92 Å². The van der Waals surface area contributed by atoms with Crippen molar-refractivity contribution in [3.05, 3.63) is 45.3 Å². The van der Waals surface area contributed by atoms with E-state index in [0.29, 0.717) is 10.5 Å². The van der Waals surface area contributed by atoms with Gasteiger partial charge in [-0.2, -0.15) is 10.5 Å². The Morgan fingerprint density at radius 3 is 2.71 bits per heavy atom. The molecule has 0 aromatic carbocycles. The molecule has 2 aliphatic rings. The second kappa shape index (κ2) is 4.45. The zero-order chi connectivity index (χ0) is 12.4. The number of nitriles is 2. The van der Waals surface area contributed by atoms with Gasteiger partial charge >= 0.3 is 0 Å².